The van der Waals surface area contributed by atoms with Crippen molar-refractivity contribution < 1.29 is 0 Å². The average molecular weight is 236 g/mol. The van der Waals surface area contributed by atoms with Gasteiger partial charge in [0.1, 0.15) is 0 Å². The van der Waals surface area contributed by atoms with E-state index >= 15 is 0 Å². The molecule has 0 saturated heterocycles. The molecule has 84 valence electrons. The molecule has 0 radical (unpaired) electrons. The maximum absolute atomic E-state index is 5.92. The van der Waals surface area contributed by atoms with Crippen LogP contribution >= 0.6 is 11.6 Å². The molecule has 1 atom stereocenters. The Morgan fingerprint density at radius 2 is 2.31 bits per heavy atom. The maximum Gasteiger partial charge on any atom is 0.0660 e. The monoisotopic (exact) mass is 235 g/mol. The minimum Gasteiger partial charge on any atom is -0.328 e. The van der Waals surface area contributed by atoms with Crippen LogP contribution in [0.3, 0.4) is 0 Å². The van der Waals surface area contributed by atoms with Crippen LogP contribution in [0.5, 0.6) is 0 Å². The summed E-state index contributed by atoms with van der Waals surface area (Å²) in [7, 11) is 0. The fourth-order valence-electron chi connectivity index (χ4n) is 1.60. The van der Waals surface area contributed by atoms with Crippen LogP contribution < -0.4 is 5.73 Å². The first-order valence-corrected chi connectivity index (χ1v) is 5.58. The number of hydrogen-bond donors (Lipinski definition) is 1. The van der Waals surface area contributed by atoms with Crippen LogP contribution in [0, 0.1) is 0 Å². The second-order valence-corrected chi connectivity index (χ2v) is 4.39. The van der Waals surface area contributed by atoms with Gasteiger partial charge in [-0.2, -0.15) is 5.10 Å². The standard InChI is InChI=1S/C12H14ClN3/c1-9(14)5-10-7-15-16(8-10)12-4-2-3-11(13)6-12/h2-4,6-9H,5,14H2,1H3. The van der Waals surface area contributed by atoms with Gasteiger partial charge >= 0.3 is 0 Å². The molecule has 1 aromatic carbocycles. The van der Waals surface area contributed by atoms with Crippen molar-refractivity contribution in [1.82, 2.24) is 9.78 Å². The molecule has 0 saturated carbocycles. The third kappa shape index (κ3) is 2.62. The van der Waals surface area contributed by atoms with Gasteiger partial charge in [-0.15, -0.1) is 0 Å². The Morgan fingerprint density at radius 1 is 1.50 bits per heavy atom. The van der Waals surface area contributed by atoms with E-state index in [1.54, 1.807) is 0 Å². The molecule has 1 heterocycles. The molecule has 4 heteroatoms. The molecule has 0 amide bonds. The van der Waals surface area contributed by atoms with Crippen LogP contribution in [0.15, 0.2) is 36.7 Å². The van der Waals surface area contributed by atoms with Gasteiger partial charge in [0.2, 0.25) is 0 Å². The van der Waals surface area contributed by atoms with Crippen LogP contribution in [0.1, 0.15) is 12.5 Å². The second-order valence-electron chi connectivity index (χ2n) is 3.95. The summed E-state index contributed by atoms with van der Waals surface area (Å²) in [5.74, 6) is 0. The molecular weight excluding hydrogens is 222 g/mol. The van der Waals surface area contributed by atoms with Gasteiger partial charge < -0.3 is 5.73 Å². The summed E-state index contributed by atoms with van der Waals surface area (Å²) in [5, 5.41) is 4.99. The molecule has 3 nitrogen and oxygen atoms in total. The number of nitrogens with zero attached hydrogens (tertiary/aromatic N) is 2. The van der Waals surface area contributed by atoms with Gasteiger partial charge in [0, 0.05) is 17.3 Å². The first-order valence-electron chi connectivity index (χ1n) is 5.20. The van der Waals surface area contributed by atoms with E-state index in [1.165, 1.54) is 0 Å². The van der Waals surface area contributed by atoms with Crippen molar-refractivity contribution in [2.45, 2.75) is 19.4 Å². The third-order valence-corrected chi connectivity index (χ3v) is 2.50. The van der Waals surface area contributed by atoms with Crippen molar-refractivity contribution in [3.05, 3.63) is 47.2 Å². The molecule has 2 rings (SSSR count). The van der Waals surface area contributed by atoms with E-state index in [9.17, 15) is 0 Å². The Balaban J connectivity index is 2.24. The summed E-state index contributed by atoms with van der Waals surface area (Å²) in [6.07, 6.45) is 4.65. The second kappa shape index (κ2) is 4.68. The highest BCUT2D eigenvalue weighted by molar-refractivity contribution is 6.30. The molecule has 0 aliphatic heterocycles. The number of halogens is 1. The topological polar surface area (TPSA) is 43.8 Å². The van der Waals surface area contributed by atoms with Gasteiger partial charge in [0.25, 0.3) is 0 Å². The summed E-state index contributed by atoms with van der Waals surface area (Å²) in [6, 6.07) is 7.75. The summed E-state index contributed by atoms with van der Waals surface area (Å²) in [6.45, 7) is 1.98. The smallest absolute Gasteiger partial charge is 0.0660 e. The van der Waals surface area contributed by atoms with E-state index < -0.39 is 0 Å². The zero-order valence-corrected chi connectivity index (χ0v) is 9.85. The van der Waals surface area contributed by atoms with Crippen molar-refractivity contribution in [3.8, 4) is 5.69 Å². The number of aromatic nitrogens is 2. The zero-order valence-electron chi connectivity index (χ0n) is 9.10. The van der Waals surface area contributed by atoms with E-state index in [2.05, 4.69) is 5.10 Å². The lowest BCUT2D eigenvalue weighted by Crippen LogP contribution is -2.17. The molecule has 0 aliphatic rings. The fourth-order valence-corrected chi connectivity index (χ4v) is 1.78. The SMILES string of the molecule is CC(N)Cc1cnn(-c2cccc(Cl)c2)c1. The van der Waals surface area contributed by atoms with Crippen LogP contribution in [0.25, 0.3) is 5.69 Å². The zero-order chi connectivity index (χ0) is 11.5. The van der Waals surface area contributed by atoms with E-state index in [0.29, 0.717) is 5.02 Å². The molecular formula is C12H14ClN3. The highest BCUT2D eigenvalue weighted by Gasteiger charge is 2.03. The van der Waals surface area contributed by atoms with Crippen LogP contribution in [-0.4, -0.2) is 15.8 Å². The maximum atomic E-state index is 5.92. The molecule has 16 heavy (non-hydrogen) atoms. The first-order chi connectivity index (χ1) is 7.65. The highest BCUT2D eigenvalue weighted by atomic mass is 35.5. The Bertz CT molecular complexity index is 477. The molecule has 0 aliphatic carbocycles. The molecule has 2 aromatic rings. The van der Waals surface area contributed by atoms with Crippen molar-refractivity contribution in [2.75, 3.05) is 0 Å². The predicted octanol–water partition coefficient (Wildman–Crippen LogP) is 2.42. The first kappa shape index (κ1) is 11.2. The molecule has 1 aromatic heterocycles. The summed E-state index contributed by atoms with van der Waals surface area (Å²) in [4.78, 5) is 0. The van der Waals surface area contributed by atoms with E-state index in [1.807, 2.05) is 48.3 Å². The van der Waals surface area contributed by atoms with Crippen LogP contribution in [-0.2, 0) is 6.42 Å². The predicted molar refractivity (Wildman–Crippen MR) is 65.9 cm³/mol. The van der Waals surface area contributed by atoms with Crippen LogP contribution in [0.2, 0.25) is 5.02 Å². The van der Waals surface area contributed by atoms with E-state index in [0.717, 1.165) is 17.7 Å². The lowest BCUT2D eigenvalue weighted by atomic mass is 10.1. The number of nitrogens with two attached hydrogens (primary N) is 1. The Kier molecular flexibility index (Phi) is 3.27. The van der Waals surface area contributed by atoms with E-state index in [4.69, 9.17) is 17.3 Å². The number of rotatable bonds is 3. The Morgan fingerprint density at radius 3 is 3.00 bits per heavy atom. The van der Waals surface area contributed by atoms with Crippen LogP contribution in [0.4, 0.5) is 0 Å². The molecule has 2 N–H and O–H groups in total. The summed E-state index contributed by atoms with van der Waals surface area (Å²) >= 11 is 5.92. The minimum absolute atomic E-state index is 0.150. The molecule has 1 unspecified atom stereocenters. The van der Waals surface area contributed by atoms with Crippen molar-refractivity contribution in [3.63, 3.8) is 0 Å². The van der Waals surface area contributed by atoms with Gasteiger partial charge in [0.15, 0.2) is 0 Å². The molecule has 0 fully saturated rings. The summed E-state index contributed by atoms with van der Waals surface area (Å²) < 4.78 is 1.81. The quantitative estimate of drug-likeness (QED) is 0.888. The molecule has 0 bridgehead atoms. The van der Waals surface area contributed by atoms with Gasteiger partial charge in [-0.3, -0.25) is 0 Å². The van der Waals surface area contributed by atoms with Gasteiger partial charge in [0.05, 0.1) is 11.9 Å². The van der Waals surface area contributed by atoms with Gasteiger partial charge in [-0.05, 0) is 37.1 Å². The highest BCUT2D eigenvalue weighted by Crippen LogP contribution is 2.14. The van der Waals surface area contributed by atoms with Crippen molar-refractivity contribution in [2.24, 2.45) is 5.73 Å². The molecule has 0 spiro atoms. The average Bonchev–Trinajstić information content (AvgIpc) is 2.65. The third-order valence-electron chi connectivity index (χ3n) is 2.27. The fraction of sp³-hybridized carbons (Fsp3) is 0.250. The van der Waals surface area contributed by atoms with Crippen molar-refractivity contribution in [1.29, 1.82) is 0 Å². The largest absolute Gasteiger partial charge is 0.328 e. The minimum atomic E-state index is 0.150. The van der Waals surface area contributed by atoms with E-state index in [-0.39, 0.29) is 6.04 Å². The van der Waals surface area contributed by atoms with Gasteiger partial charge in [-0.25, -0.2) is 4.68 Å². The van der Waals surface area contributed by atoms with Gasteiger partial charge in [-0.1, -0.05) is 17.7 Å². The number of hydrogen-bond acceptors (Lipinski definition) is 2. The van der Waals surface area contributed by atoms with Crippen molar-refractivity contribution >= 4 is 11.6 Å². The lowest BCUT2D eigenvalue weighted by molar-refractivity contribution is 0.738. The Labute approximate surface area is 99.8 Å². The number of benzene rings is 1. The lowest BCUT2D eigenvalue weighted by Gasteiger charge is -2.02. The summed E-state index contributed by atoms with van der Waals surface area (Å²) in [5.41, 5.74) is 7.83. The normalized spacial score (nSPS) is 12.7. The Hall–Kier alpha value is -1.32.